The molecule has 0 aliphatic heterocycles. The maximum atomic E-state index is 12.2. The lowest BCUT2D eigenvalue weighted by molar-refractivity contribution is -0.138. The average Bonchev–Trinajstić information content (AvgIpc) is 3.16. The van der Waals surface area contributed by atoms with Gasteiger partial charge in [-0.25, -0.2) is 0 Å². The molecule has 1 aromatic rings. The normalized spacial score (nSPS) is 14.2. The van der Waals surface area contributed by atoms with Gasteiger partial charge in [0.05, 0.1) is 12.8 Å². The van der Waals surface area contributed by atoms with Crippen molar-refractivity contribution in [2.75, 3.05) is 6.54 Å². The van der Waals surface area contributed by atoms with Crippen LogP contribution in [0.25, 0.3) is 0 Å². The van der Waals surface area contributed by atoms with Crippen LogP contribution in [0.2, 0.25) is 5.02 Å². The lowest BCUT2D eigenvalue weighted by Gasteiger charge is -2.22. The topological polar surface area (TPSA) is 57.6 Å². The van der Waals surface area contributed by atoms with Crippen LogP contribution in [0.4, 0.5) is 0 Å². The molecule has 1 fully saturated rings. The number of hydrogen-bond acceptors (Lipinski definition) is 2. The summed E-state index contributed by atoms with van der Waals surface area (Å²) in [6.07, 6.45) is 2.16. The van der Waals surface area contributed by atoms with Gasteiger partial charge in [0.1, 0.15) is 0 Å². The highest BCUT2D eigenvalue weighted by molar-refractivity contribution is 6.31. The molecule has 0 atom stereocenters. The van der Waals surface area contributed by atoms with Gasteiger partial charge in [-0.2, -0.15) is 0 Å². The zero-order chi connectivity index (χ0) is 13.8. The second-order valence-electron chi connectivity index (χ2n) is 4.73. The van der Waals surface area contributed by atoms with Gasteiger partial charge in [0.15, 0.2) is 0 Å². The van der Waals surface area contributed by atoms with Crippen molar-refractivity contribution in [1.82, 2.24) is 4.90 Å². The first-order chi connectivity index (χ1) is 9.08. The van der Waals surface area contributed by atoms with Crippen LogP contribution in [0.1, 0.15) is 24.8 Å². The van der Waals surface area contributed by atoms with Crippen molar-refractivity contribution < 1.29 is 14.7 Å². The first-order valence-corrected chi connectivity index (χ1v) is 6.70. The molecule has 0 unspecified atom stereocenters. The van der Waals surface area contributed by atoms with Gasteiger partial charge >= 0.3 is 5.97 Å². The molecule has 1 saturated carbocycles. The SMILES string of the molecule is O=C(O)CCN(C(=O)Cc1ccccc1Cl)C1CC1. The smallest absolute Gasteiger partial charge is 0.305 e. The van der Waals surface area contributed by atoms with Crippen molar-refractivity contribution in [2.24, 2.45) is 0 Å². The standard InChI is InChI=1S/C14H16ClNO3/c15-12-4-2-1-3-10(12)9-13(17)16(11-5-6-11)8-7-14(18)19/h1-4,11H,5-9H2,(H,18,19). The zero-order valence-corrected chi connectivity index (χ0v) is 11.3. The zero-order valence-electron chi connectivity index (χ0n) is 10.5. The second kappa shape index (κ2) is 6.06. The van der Waals surface area contributed by atoms with Crippen LogP contribution >= 0.6 is 11.6 Å². The predicted octanol–water partition coefficient (Wildman–Crippen LogP) is 2.35. The minimum atomic E-state index is -0.879. The minimum Gasteiger partial charge on any atom is -0.481 e. The van der Waals surface area contributed by atoms with Gasteiger partial charge in [-0.05, 0) is 24.5 Å². The van der Waals surface area contributed by atoms with Crippen LogP contribution in [0.15, 0.2) is 24.3 Å². The fraction of sp³-hybridized carbons (Fsp3) is 0.429. The van der Waals surface area contributed by atoms with E-state index in [1.165, 1.54) is 0 Å². The number of rotatable bonds is 6. The van der Waals surface area contributed by atoms with Gasteiger partial charge < -0.3 is 10.0 Å². The number of carboxylic acid groups (broad SMARTS) is 1. The molecule has 4 nitrogen and oxygen atoms in total. The van der Waals surface area contributed by atoms with E-state index in [0.717, 1.165) is 18.4 Å². The Kier molecular flexibility index (Phi) is 4.43. The lowest BCUT2D eigenvalue weighted by atomic mass is 10.1. The molecule has 0 radical (unpaired) electrons. The van der Waals surface area contributed by atoms with Crippen molar-refractivity contribution in [3.8, 4) is 0 Å². The van der Waals surface area contributed by atoms with Crippen molar-refractivity contribution >= 4 is 23.5 Å². The summed E-state index contributed by atoms with van der Waals surface area (Å²) >= 11 is 6.03. The highest BCUT2D eigenvalue weighted by Crippen LogP contribution is 2.28. The fourth-order valence-electron chi connectivity index (χ4n) is 2.02. The molecule has 102 valence electrons. The fourth-order valence-corrected chi connectivity index (χ4v) is 2.22. The molecular weight excluding hydrogens is 266 g/mol. The van der Waals surface area contributed by atoms with E-state index in [2.05, 4.69) is 0 Å². The lowest BCUT2D eigenvalue weighted by Crippen LogP contribution is -2.36. The Morgan fingerprint density at radius 1 is 1.32 bits per heavy atom. The molecule has 0 heterocycles. The molecule has 19 heavy (non-hydrogen) atoms. The molecule has 1 aromatic carbocycles. The highest BCUT2D eigenvalue weighted by atomic mass is 35.5. The Morgan fingerprint density at radius 3 is 2.58 bits per heavy atom. The van der Waals surface area contributed by atoms with E-state index in [4.69, 9.17) is 16.7 Å². The van der Waals surface area contributed by atoms with Gasteiger partial charge in [0.2, 0.25) is 5.91 Å². The summed E-state index contributed by atoms with van der Waals surface area (Å²) in [4.78, 5) is 24.5. The summed E-state index contributed by atoms with van der Waals surface area (Å²) < 4.78 is 0. The van der Waals surface area contributed by atoms with E-state index >= 15 is 0 Å². The van der Waals surface area contributed by atoms with Gasteiger partial charge in [0, 0.05) is 17.6 Å². The Hall–Kier alpha value is -1.55. The molecule has 0 aromatic heterocycles. The third-order valence-electron chi connectivity index (χ3n) is 3.17. The highest BCUT2D eigenvalue weighted by Gasteiger charge is 2.32. The van der Waals surface area contributed by atoms with Crippen LogP contribution in [0.3, 0.4) is 0 Å². The van der Waals surface area contributed by atoms with Crippen molar-refractivity contribution in [3.05, 3.63) is 34.9 Å². The summed E-state index contributed by atoms with van der Waals surface area (Å²) in [6, 6.07) is 7.45. The number of aliphatic carboxylic acids is 1. The summed E-state index contributed by atoms with van der Waals surface area (Å²) in [7, 11) is 0. The van der Waals surface area contributed by atoms with E-state index < -0.39 is 5.97 Å². The Labute approximate surface area is 117 Å². The van der Waals surface area contributed by atoms with Crippen molar-refractivity contribution in [3.63, 3.8) is 0 Å². The first-order valence-electron chi connectivity index (χ1n) is 6.32. The van der Waals surface area contributed by atoms with Gasteiger partial charge in [0.25, 0.3) is 0 Å². The molecule has 0 saturated heterocycles. The molecule has 0 bridgehead atoms. The quantitative estimate of drug-likeness (QED) is 0.871. The maximum absolute atomic E-state index is 12.2. The number of carboxylic acids is 1. The van der Waals surface area contributed by atoms with Crippen LogP contribution in [-0.4, -0.2) is 34.5 Å². The van der Waals surface area contributed by atoms with Crippen molar-refractivity contribution in [1.29, 1.82) is 0 Å². The Balaban J connectivity index is 1.99. The monoisotopic (exact) mass is 281 g/mol. The number of carbonyl (C=O) groups is 2. The number of nitrogens with zero attached hydrogens (tertiary/aromatic N) is 1. The summed E-state index contributed by atoms with van der Waals surface area (Å²) in [5.74, 6) is -0.923. The Bertz CT molecular complexity index is 485. The van der Waals surface area contributed by atoms with Crippen LogP contribution in [-0.2, 0) is 16.0 Å². The molecule has 1 aliphatic rings. The van der Waals surface area contributed by atoms with Crippen molar-refractivity contribution in [2.45, 2.75) is 31.7 Å². The molecule has 1 N–H and O–H groups in total. The van der Waals surface area contributed by atoms with E-state index in [-0.39, 0.29) is 31.3 Å². The van der Waals surface area contributed by atoms with E-state index in [0.29, 0.717) is 5.02 Å². The molecule has 2 rings (SSSR count). The Morgan fingerprint density at radius 2 is 2.00 bits per heavy atom. The minimum absolute atomic E-state index is 0.00916. The number of carbonyl (C=O) groups excluding carboxylic acids is 1. The van der Waals surface area contributed by atoms with Gasteiger partial charge in [-0.15, -0.1) is 0 Å². The van der Waals surface area contributed by atoms with Crippen LogP contribution < -0.4 is 0 Å². The second-order valence-corrected chi connectivity index (χ2v) is 5.14. The number of halogens is 1. The third kappa shape index (κ3) is 3.96. The number of hydrogen-bond donors (Lipinski definition) is 1. The predicted molar refractivity (Wildman–Crippen MR) is 72.1 cm³/mol. The van der Waals surface area contributed by atoms with Gasteiger partial charge in [-0.3, -0.25) is 9.59 Å². The van der Waals surface area contributed by atoms with E-state index in [9.17, 15) is 9.59 Å². The molecule has 5 heteroatoms. The average molecular weight is 282 g/mol. The third-order valence-corrected chi connectivity index (χ3v) is 3.54. The summed E-state index contributed by atoms with van der Waals surface area (Å²) in [5, 5.41) is 9.30. The van der Waals surface area contributed by atoms with Gasteiger partial charge in [-0.1, -0.05) is 29.8 Å². The number of benzene rings is 1. The maximum Gasteiger partial charge on any atom is 0.305 e. The molecular formula is C14H16ClNO3. The van der Waals surface area contributed by atoms with Crippen LogP contribution in [0, 0.1) is 0 Å². The molecule has 1 amide bonds. The van der Waals surface area contributed by atoms with Crippen LogP contribution in [0.5, 0.6) is 0 Å². The largest absolute Gasteiger partial charge is 0.481 e. The molecule has 0 spiro atoms. The van der Waals surface area contributed by atoms with E-state index in [1.807, 2.05) is 18.2 Å². The molecule has 1 aliphatic carbocycles. The summed E-state index contributed by atoms with van der Waals surface area (Å²) in [5.41, 5.74) is 0.787. The first kappa shape index (κ1) is 13.9. The summed E-state index contributed by atoms with van der Waals surface area (Å²) in [6.45, 7) is 0.281. The number of amides is 1. The van der Waals surface area contributed by atoms with E-state index in [1.54, 1.807) is 11.0 Å².